The van der Waals surface area contributed by atoms with Crippen LogP contribution < -0.4 is 4.74 Å². The number of phenolic OH excluding ortho intramolecular Hbond substituents is 1. The topological polar surface area (TPSA) is 87.0 Å². The number of phenols is 1. The minimum Gasteiger partial charge on any atom is -0.507 e. The molecule has 0 aliphatic heterocycles. The lowest BCUT2D eigenvalue weighted by atomic mass is 9.77. The first-order valence-corrected chi connectivity index (χ1v) is 6.10. The lowest BCUT2D eigenvalue weighted by Gasteiger charge is -2.31. The summed E-state index contributed by atoms with van der Waals surface area (Å²) >= 11 is 0. The third-order valence-electron chi connectivity index (χ3n) is 4.02. The van der Waals surface area contributed by atoms with Crippen molar-refractivity contribution in [3.8, 4) is 11.5 Å². The van der Waals surface area contributed by atoms with Crippen molar-refractivity contribution in [2.45, 2.75) is 31.8 Å². The summed E-state index contributed by atoms with van der Waals surface area (Å²) in [5.74, 6) is 0.0897. The van der Waals surface area contributed by atoms with Gasteiger partial charge in [0, 0.05) is 17.9 Å². The van der Waals surface area contributed by atoms with Gasteiger partial charge in [0.1, 0.15) is 11.5 Å². The molecule has 0 unspecified atom stereocenters. The highest BCUT2D eigenvalue weighted by Gasteiger charge is 2.47. The van der Waals surface area contributed by atoms with E-state index in [-0.39, 0.29) is 23.5 Å². The lowest BCUT2D eigenvalue weighted by molar-refractivity contribution is 0.0335. The summed E-state index contributed by atoms with van der Waals surface area (Å²) in [6.45, 7) is 3.04. The summed E-state index contributed by atoms with van der Waals surface area (Å²) in [7, 11) is 1.48. The van der Waals surface area contributed by atoms with Crippen LogP contribution in [0.25, 0.3) is 0 Å². The molecule has 1 aliphatic carbocycles. The maximum atomic E-state index is 12.1. The van der Waals surface area contributed by atoms with Gasteiger partial charge in [0.05, 0.1) is 25.4 Å². The Morgan fingerprint density at radius 3 is 2.68 bits per heavy atom. The number of fused-ring (bicyclic) bond motifs is 1. The molecule has 0 amide bonds. The molecule has 0 saturated heterocycles. The van der Waals surface area contributed by atoms with Crippen LogP contribution in [0.5, 0.6) is 11.5 Å². The second-order valence-electron chi connectivity index (χ2n) is 5.19. The van der Waals surface area contributed by atoms with Crippen LogP contribution in [0.3, 0.4) is 0 Å². The number of carbonyl (C=O) groups is 1. The highest BCUT2D eigenvalue weighted by atomic mass is 16.5. The van der Waals surface area contributed by atoms with Gasteiger partial charge < -0.3 is 20.1 Å². The van der Waals surface area contributed by atoms with Crippen LogP contribution in [0.1, 0.15) is 34.8 Å². The van der Waals surface area contributed by atoms with Crippen molar-refractivity contribution in [1.82, 2.24) is 0 Å². The molecule has 1 aliphatic rings. The highest BCUT2D eigenvalue weighted by Crippen LogP contribution is 2.48. The standard InChI is InChI=1S/C14H18O5/c1-7-10(19-3)4-8(16)12-9(17)5-14(2,13(7)12)11(18)6-15/h4,11,15-16,18H,5-6H2,1-3H3/t11-,14+/m1/s1. The molecule has 0 spiro atoms. The molecule has 0 fully saturated rings. The van der Waals surface area contributed by atoms with Crippen LogP contribution in [0.4, 0.5) is 0 Å². The zero-order valence-electron chi connectivity index (χ0n) is 11.2. The smallest absolute Gasteiger partial charge is 0.167 e. The molecule has 2 atom stereocenters. The van der Waals surface area contributed by atoms with Gasteiger partial charge >= 0.3 is 0 Å². The second kappa shape index (κ2) is 4.51. The predicted molar refractivity (Wildman–Crippen MR) is 68.8 cm³/mol. The van der Waals surface area contributed by atoms with Crippen molar-refractivity contribution >= 4 is 5.78 Å². The van der Waals surface area contributed by atoms with Gasteiger partial charge in [0.2, 0.25) is 0 Å². The van der Waals surface area contributed by atoms with E-state index in [0.717, 1.165) is 0 Å². The zero-order chi connectivity index (χ0) is 14.4. The van der Waals surface area contributed by atoms with Crippen LogP contribution in [0, 0.1) is 6.92 Å². The lowest BCUT2D eigenvalue weighted by Crippen LogP contribution is -2.38. The monoisotopic (exact) mass is 266 g/mol. The van der Waals surface area contributed by atoms with Crippen molar-refractivity contribution in [2.24, 2.45) is 0 Å². The molecule has 1 aromatic carbocycles. The van der Waals surface area contributed by atoms with Crippen LogP contribution in [-0.2, 0) is 5.41 Å². The first-order chi connectivity index (χ1) is 8.86. The Hall–Kier alpha value is -1.59. The molecule has 5 nitrogen and oxygen atoms in total. The number of ketones is 1. The van der Waals surface area contributed by atoms with Gasteiger partial charge in [0.25, 0.3) is 0 Å². The van der Waals surface area contributed by atoms with E-state index in [9.17, 15) is 20.1 Å². The number of aromatic hydroxyl groups is 1. The predicted octanol–water partition coefficient (Wildman–Crippen LogP) is 0.907. The van der Waals surface area contributed by atoms with Crippen LogP contribution in [0.2, 0.25) is 0 Å². The van der Waals surface area contributed by atoms with E-state index in [1.807, 2.05) is 0 Å². The van der Waals surface area contributed by atoms with Gasteiger partial charge in [-0.15, -0.1) is 0 Å². The van der Waals surface area contributed by atoms with Gasteiger partial charge in [-0.05, 0) is 18.1 Å². The number of hydrogen-bond acceptors (Lipinski definition) is 5. The number of hydrogen-bond donors (Lipinski definition) is 3. The van der Waals surface area contributed by atoms with Gasteiger partial charge in [-0.2, -0.15) is 0 Å². The molecule has 5 heteroatoms. The summed E-state index contributed by atoms with van der Waals surface area (Å²) in [4.78, 5) is 12.1. The highest BCUT2D eigenvalue weighted by molar-refractivity contribution is 6.05. The normalized spacial score (nSPS) is 23.3. The molecule has 0 radical (unpaired) electrons. The van der Waals surface area contributed by atoms with Crippen molar-refractivity contribution in [2.75, 3.05) is 13.7 Å². The second-order valence-corrected chi connectivity index (χ2v) is 5.19. The number of aliphatic hydroxyl groups is 2. The van der Waals surface area contributed by atoms with Crippen molar-refractivity contribution < 1.29 is 24.9 Å². The number of carbonyl (C=O) groups excluding carboxylic acids is 1. The third kappa shape index (κ3) is 1.81. The molecule has 1 aromatic rings. The Balaban J connectivity index is 2.75. The summed E-state index contributed by atoms with van der Waals surface area (Å²) in [6.07, 6.45) is -1.01. The van der Waals surface area contributed by atoms with Gasteiger partial charge in [-0.3, -0.25) is 4.79 Å². The maximum absolute atomic E-state index is 12.1. The molecule has 104 valence electrons. The fourth-order valence-corrected chi connectivity index (χ4v) is 2.95. The Labute approximate surface area is 111 Å². The Morgan fingerprint density at radius 2 is 2.16 bits per heavy atom. The molecule has 0 saturated carbocycles. The Morgan fingerprint density at radius 1 is 1.53 bits per heavy atom. The van der Waals surface area contributed by atoms with E-state index >= 15 is 0 Å². The molecule has 0 heterocycles. The summed E-state index contributed by atoms with van der Waals surface area (Å²) < 4.78 is 5.18. The first-order valence-electron chi connectivity index (χ1n) is 6.10. The number of methoxy groups -OCH3 is 1. The van der Waals surface area contributed by atoms with Crippen LogP contribution >= 0.6 is 0 Å². The number of aliphatic hydroxyl groups excluding tert-OH is 2. The Kier molecular flexibility index (Phi) is 3.28. The van der Waals surface area contributed by atoms with E-state index < -0.39 is 18.1 Å². The fraction of sp³-hybridized carbons (Fsp3) is 0.500. The minimum atomic E-state index is -1.07. The van der Waals surface area contributed by atoms with Crippen LogP contribution in [0.15, 0.2) is 6.07 Å². The van der Waals surface area contributed by atoms with Crippen molar-refractivity contribution in [1.29, 1.82) is 0 Å². The molecular weight excluding hydrogens is 248 g/mol. The van der Waals surface area contributed by atoms with Gasteiger partial charge in [-0.25, -0.2) is 0 Å². The molecule has 3 N–H and O–H groups in total. The van der Waals surface area contributed by atoms with E-state index in [1.165, 1.54) is 13.2 Å². The quantitative estimate of drug-likeness (QED) is 0.757. The van der Waals surface area contributed by atoms with E-state index in [2.05, 4.69) is 0 Å². The molecule has 19 heavy (non-hydrogen) atoms. The average molecular weight is 266 g/mol. The van der Waals surface area contributed by atoms with E-state index in [4.69, 9.17) is 4.74 Å². The maximum Gasteiger partial charge on any atom is 0.167 e. The SMILES string of the molecule is COc1cc(O)c2c(c1C)[C@](C)([C@H](O)CO)CC2=O. The molecule has 0 aromatic heterocycles. The number of rotatable bonds is 3. The number of Topliss-reactive ketones (excluding diaryl/α,β-unsaturated/α-hetero) is 1. The summed E-state index contributed by atoms with van der Waals surface area (Å²) in [6, 6.07) is 1.41. The molecule has 2 rings (SSSR count). The average Bonchev–Trinajstić information content (AvgIpc) is 2.66. The number of ether oxygens (including phenoxy) is 1. The minimum absolute atomic E-state index is 0.0611. The first kappa shape index (κ1) is 13.8. The zero-order valence-corrected chi connectivity index (χ0v) is 11.2. The van der Waals surface area contributed by atoms with E-state index in [0.29, 0.717) is 16.9 Å². The van der Waals surface area contributed by atoms with Gasteiger partial charge in [0.15, 0.2) is 5.78 Å². The summed E-state index contributed by atoms with van der Waals surface area (Å²) in [5, 5.41) is 29.2. The number of benzene rings is 1. The Bertz CT molecular complexity index is 537. The van der Waals surface area contributed by atoms with Crippen molar-refractivity contribution in [3.05, 3.63) is 22.8 Å². The summed E-state index contributed by atoms with van der Waals surface area (Å²) in [5.41, 5.74) is 0.595. The molecule has 0 bridgehead atoms. The third-order valence-corrected chi connectivity index (χ3v) is 4.02. The molecular formula is C14H18O5. The van der Waals surface area contributed by atoms with Crippen molar-refractivity contribution in [3.63, 3.8) is 0 Å². The van der Waals surface area contributed by atoms with E-state index in [1.54, 1.807) is 13.8 Å². The largest absolute Gasteiger partial charge is 0.507 e. The fourth-order valence-electron chi connectivity index (χ4n) is 2.95. The van der Waals surface area contributed by atoms with Gasteiger partial charge in [-0.1, -0.05) is 6.92 Å². The van der Waals surface area contributed by atoms with Crippen LogP contribution in [-0.4, -0.2) is 40.9 Å².